The van der Waals surface area contributed by atoms with Gasteiger partial charge in [-0.1, -0.05) is 0 Å². The van der Waals surface area contributed by atoms with Gasteiger partial charge in [-0.05, 0) is 25.1 Å². The Labute approximate surface area is 108 Å². The maximum Gasteiger partial charge on any atom is 0.418 e. The van der Waals surface area contributed by atoms with Gasteiger partial charge in [0, 0.05) is 24.8 Å². The van der Waals surface area contributed by atoms with Crippen LogP contribution in [0.1, 0.15) is 22.8 Å². The summed E-state index contributed by atoms with van der Waals surface area (Å²) in [6.45, 7) is 1.51. The molecule has 0 saturated carbocycles. The number of nitrogens with two attached hydrogens (primary N) is 1. The van der Waals surface area contributed by atoms with Crippen LogP contribution in [0.5, 0.6) is 0 Å². The van der Waals surface area contributed by atoms with Gasteiger partial charge in [0.2, 0.25) is 0 Å². The number of carbonyl (C=O) groups is 1. The summed E-state index contributed by atoms with van der Waals surface area (Å²) in [5.41, 5.74) is 3.66. The predicted molar refractivity (Wildman–Crippen MR) is 64.5 cm³/mol. The number of likely N-dealkylation sites (N-methyl/N-ethyl adjacent to an activating group) is 1. The second-order valence-electron chi connectivity index (χ2n) is 4.33. The molecule has 1 unspecified atom stereocenters. The number of benzene rings is 1. The van der Waals surface area contributed by atoms with E-state index in [-0.39, 0.29) is 12.1 Å². The van der Waals surface area contributed by atoms with Crippen LogP contribution in [-0.4, -0.2) is 35.6 Å². The molecule has 1 atom stereocenters. The summed E-state index contributed by atoms with van der Waals surface area (Å²) >= 11 is 0. The molecule has 0 heterocycles. The predicted octanol–water partition coefficient (Wildman–Crippen LogP) is 1.74. The van der Waals surface area contributed by atoms with Crippen molar-refractivity contribution < 1.29 is 23.1 Å². The van der Waals surface area contributed by atoms with Crippen molar-refractivity contribution in [3.8, 4) is 0 Å². The monoisotopic (exact) mass is 276 g/mol. The topological polar surface area (TPSA) is 66.6 Å². The van der Waals surface area contributed by atoms with Crippen molar-refractivity contribution >= 4 is 11.6 Å². The molecule has 0 aromatic heterocycles. The zero-order valence-corrected chi connectivity index (χ0v) is 10.5. The summed E-state index contributed by atoms with van der Waals surface area (Å²) in [6.07, 6.45) is -5.37. The van der Waals surface area contributed by atoms with Crippen molar-refractivity contribution in [1.82, 2.24) is 4.90 Å². The van der Waals surface area contributed by atoms with Gasteiger partial charge in [0.15, 0.2) is 0 Å². The summed E-state index contributed by atoms with van der Waals surface area (Å²) in [6, 6.07) is 2.99. The standard InChI is InChI=1S/C12H15F3N2O2/c1-7(18)6-17(2)11(19)8-3-4-10(16)9(5-8)12(13,14)15/h3-5,7,18H,6,16H2,1-2H3. The molecule has 1 rings (SSSR count). The van der Waals surface area contributed by atoms with Gasteiger partial charge in [-0.25, -0.2) is 0 Å². The quantitative estimate of drug-likeness (QED) is 0.826. The lowest BCUT2D eigenvalue weighted by Gasteiger charge is -2.19. The maximum atomic E-state index is 12.7. The number of aliphatic hydroxyl groups is 1. The Hall–Kier alpha value is -1.76. The van der Waals surface area contributed by atoms with E-state index in [2.05, 4.69) is 0 Å². The summed E-state index contributed by atoms with van der Waals surface area (Å²) in [4.78, 5) is 13.0. The Morgan fingerprint density at radius 3 is 2.53 bits per heavy atom. The molecule has 0 bridgehead atoms. The van der Waals surface area contributed by atoms with E-state index in [1.165, 1.54) is 20.0 Å². The third kappa shape index (κ3) is 3.85. The van der Waals surface area contributed by atoms with Crippen LogP contribution in [0.3, 0.4) is 0 Å². The number of rotatable bonds is 3. The first-order valence-corrected chi connectivity index (χ1v) is 5.53. The van der Waals surface area contributed by atoms with E-state index in [0.717, 1.165) is 17.0 Å². The molecule has 19 heavy (non-hydrogen) atoms. The van der Waals surface area contributed by atoms with Crippen LogP contribution in [0.15, 0.2) is 18.2 Å². The molecule has 0 aliphatic rings. The number of nitrogens with zero attached hydrogens (tertiary/aromatic N) is 1. The highest BCUT2D eigenvalue weighted by atomic mass is 19.4. The third-order valence-electron chi connectivity index (χ3n) is 2.49. The number of halogens is 3. The lowest BCUT2D eigenvalue weighted by atomic mass is 10.1. The van der Waals surface area contributed by atoms with Crippen LogP contribution < -0.4 is 5.73 Å². The van der Waals surface area contributed by atoms with Crippen LogP contribution in [0.2, 0.25) is 0 Å². The fourth-order valence-electron chi connectivity index (χ4n) is 1.63. The molecule has 0 aliphatic carbocycles. The number of carbonyl (C=O) groups excluding carboxylic acids is 1. The molecule has 1 amide bonds. The molecule has 3 N–H and O–H groups in total. The molecular formula is C12H15F3N2O2. The summed E-state index contributed by atoms with van der Waals surface area (Å²) in [5.74, 6) is -0.605. The van der Waals surface area contributed by atoms with Crippen LogP contribution >= 0.6 is 0 Å². The van der Waals surface area contributed by atoms with Crippen molar-refractivity contribution in [3.63, 3.8) is 0 Å². The van der Waals surface area contributed by atoms with Crippen LogP contribution in [-0.2, 0) is 6.18 Å². The summed E-state index contributed by atoms with van der Waals surface area (Å²) < 4.78 is 38.0. The minimum absolute atomic E-state index is 0.0323. The van der Waals surface area contributed by atoms with E-state index < -0.39 is 29.4 Å². The van der Waals surface area contributed by atoms with Gasteiger partial charge in [0.05, 0.1) is 11.7 Å². The van der Waals surface area contributed by atoms with Crippen molar-refractivity contribution in [3.05, 3.63) is 29.3 Å². The molecule has 1 aromatic rings. The number of nitrogen functional groups attached to an aromatic ring is 1. The van der Waals surface area contributed by atoms with E-state index in [1.54, 1.807) is 0 Å². The Kier molecular flexibility index (Phi) is 4.41. The number of hydrogen-bond acceptors (Lipinski definition) is 3. The molecular weight excluding hydrogens is 261 g/mol. The smallest absolute Gasteiger partial charge is 0.398 e. The van der Waals surface area contributed by atoms with Gasteiger partial charge in [0.1, 0.15) is 0 Å². The Morgan fingerprint density at radius 2 is 2.05 bits per heavy atom. The Morgan fingerprint density at radius 1 is 1.47 bits per heavy atom. The minimum Gasteiger partial charge on any atom is -0.398 e. The highest BCUT2D eigenvalue weighted by molar-refractivity contribution is 5.94. The van der Waals surface area contributed by atoms with E-state index in [4.69, 9.17) is 10.8 Å². The minimum atomic E-state index is -4.61. The first-order chi connectivity index (χ1) is 8.62. The zero-order chi connectivity index (χ0) is 14.8. The first kappa shape index (κ1) is 15.3. The molecule has 0 saturated heterocycles. The summed E-state index contributed by atoms with van der Waals surface area (Å²) in [5, 5.41) is 9.15. The zero-order valence-electron chi connectivity index (χ0n) is 10.5. The molecule has 106 valence electrons. The highest BCUT2D eigenvalue weighted by Gasteiger charge is 2.33. The molecule has 7 heteroatoms. The number of aliphatic hydroxyl groups excluding tert-OH is 1. The normalized spacial score (nSPS) is 13.2. The lowest BCUT2D eigenvalue weighted by Crippen LogP contribution is -2.33. The fraction of sp³-hybridized carbons (Fsp3) is 0.417. The van der Waals surface area contributed by atoms with Gasteiger partial charge in [-0.2, -0.15) is 13.2 Å². The Bertz CT molecular complexity index is 473. The van der Waals surface area contributed by atoms with Gasteiger partial charge in [-0.15, -0.1) is 0 Å². The second kappa shape index (κ2) is 5.48. The highest BCUT2D eigenvalue weighted by Crippen LogP contribution is 2.34. The number of amides is 1. The van der Waals surface area contributed by atoms with Gasteiger partial charge in [-0.3, -0.25) is 4.79 Å². The molecule has 0 aliphatic heterocycles. The third-order valence-corrected chi connectivity index (χ3v) is 2.49. The van der Waals surface area contributed by atoms with Crippen LogP contribution in [0.4, 0.5) is 18.9 Å². The number of alkyl halides is 3. The fourth-order valence-corrected chi connectivity index (χ4v) is 1.63. The van der Waals surface area contributed by atoms with E-state index >= 15 is 0 Å². The molecule has 0 spiro atoms. The first-order valence-electron chi connectivity index (χ1n) is 5.53. The van der Waals surface area contributed by atoms with Gasteiger partial charge < -0.3 is 15.7 Å². The Balaban J connectivity index is 3.06. The number of hydrogen-bond donors (Lipinski definition) is 2. The van der Waals surface area contributed by atoms with Gasteiger partial charge in [0.25, 0.3) is 5.91 Å². The van der Waals surface area contributed by atoms with Crippen LogP contribution in [0, 0.1) is 0 Å². The lowest BCUT2D eigenvalue weighted by molar-refractivity contribution is -0.136. The maximum absolute atomic E-state index is 12.7. The van der Waals surface area contributed by atoms with Crippen LogP contribution in [0.25, 0.3) is 0 Å². The SMILES string of the molecule is CC(O)CN(C)C(=O)c1ccc(N)c(C(F)(F)F)c1. The summed E-state index contributed by atoms with van der Waals surface area (Å²) in [7, 11) is 1.40. The van der Waals surface area contributed by atoms with Gasteiger partial charge >= 0.3 is 6.18 Å². The van der Waals surface area contributed by atoms with Crippen molar-refractivity contribution in [2.24, 2.45) is 0 Å². The van der Waals surface area contributed by atoms with E-state index in [1.807, 2.05) is 0 Å². The van der Waals surface area contributed by atoms with Crippen molar-refractivity contribution in [2.45, 2.75) is 19.2 Å². The van der Waals surface area contributed by atoms with Crippen molar-refractivity contribution in [2.75, 3.05) is 19.3 Å². The largest absolute Gasteiger partial charge is 0.418 e. The number of anilines is 1. The second-order valence-corrected chi connectivity index (χ2v) is 4.33. The average Bonchev–Trinajstić information content (AvgIpc) is 2.26. The van der Waals surface area contributed by atoms with E-state index in [9.17, 15) is 18.0 Å². The van der Waals surface area contributed by atoms with E-state index in [0.29, 0.717) is 0 Å². The molecule has 4 nitrogen and oxygen atoms in total. The molecule has 0 fully saturated rings. The van der Waals surface area contributed by atoms with Crippen molar-refractivity contribution in [1.29, 1.82) is 0 Å². The average molecular weight is 276 g/mol. The molecule has 1 aromatic carbocycles. The molecule has 0 radical (unpaired) electrons.